The molecule has 27 heavy (non-hydrogen) atoms. The lowest BCUT2D eigenvalue weighted by Crippen LogP contribution is -2.40. The van der Waals surface area contributed by atoms with Gasteiger partial charge in [0.05, 0.1) is 16.9 Å². The molecule has 0 amide bonds. The number of nitrogens with one attached hydrogen (secondary N) is 1. The van der Waals surface area contributed by atoms with E-state index in [-0.39, 0.29) is 22.5 Å². The maximum Gasteiger partial charge on any atom is 0.261 e. The number of hydrogen-bond acceptors (Lipinski definition) is 4. The summed E-state index contributed by atoms with van der Waals surface area (Å²) in [7, 11) is 0. The van der Waals surface area contributed by atoms with Gasteiger partial charge in [0.15, 0.2) is 11.6 Å². The summed E-state index contributed by atoms with van der Waals surface area (Å²) in [6.45, 7) is 9.33. The van der Waals surface area contributed by atoms with Gasteiger partial charge in [-0.2, -0.15) is 0 Å². The van der Waals surface area contributed by atoms with Gasteiger partial charge in [-0.25, -0.2) is 13.8 Å². The summed E-state index contributed by atoms with van der Waals surface area (Å²) >= 11 is 0. The first-order valence-corrected chi connectivity index (χ1v) is 9.83. The van der Waals surface area contributed by atoms with E-state index in [2.05, 4.69) is 29.0 Å². The number of halogens is 2. The standard InChI is InChI=1S/C20H28F2N4O/c1-4-7-18(25-9-6-8-23-13(3)12-25)19-24-17-11-16(22)15(21)10-14(17)20(27)26(19)5-2/h10-11,13,18,23H,4-9,12H2,1-3H3/t13-,18?/m1/s1. The molecule has 1 saturated heterocycles. The summed E-state index contributed by atoms with van der Waals surface area (Å²) in [6.07, 6.45) is 2.82. The largest absolute Gasteiger partial charge is 0.313 e. The Kier molecular flexibility index (Phi) is 6.22. The highest BCUT2D eigenvalue weighted by molar-refractivity contribution is 5.77. The predicted molar refractivity (Wildman–Crippen MR) is 103 cm³/mol. The first-order valence-electron chi connectivity index (χ1n) is 9.83. The molecule has 148 valence electrons. The summed E-state index contributed by atoms with van der Waals surface area (Å²) < 4.78 is 29.0. The molecule has 2 aromatic rings. The third-order valence-electron chi connectivity index (χ3n) is 5.27. The van der Waals surface area contributed by atoms with Crippen LogP contribution in [0.2, 0.25) is 0 Å². The molecule has 0 radical (unpaired) electrons. The molecule has 1 unspecified atom stereocenters. The van der Waals surface area contributed by atoms with Crippen LogP contribution in [0.1, 0.15) is 51.9 Å². The van der Waals surface area contributed by atoms with E-state index in [0.29, 0.717) is 18.4 Å². The molecule has 1 fully saturated rings. The Morgan fingerprint density at radius 3 is 2.74 bits per heavy atom. The van der Waals surface area contributed by atoms with E-state index in [1.165, 1.54) is 0 Å². The van der Waals surface area contributed by atoms with Gasteiger partial charge in [-0.05, 0) is 39.3 Å². The van der Waals surface area contributed by atoms with E-state index in [1.807, 2.05) is 6.92 Å². The van der Waals surface area contributed by atoms with E-state index < -0.39 is 11.6 Å². The maximum atomic E-state index is 13.8. The Hall–Kier alpha value is -1.86. The van der Waals surface area contributed by atoms with Crippen LogP contribution in [0.15, 0.2) is 16.9 Å². The zero-order valence-corrected chi connectivity index (χ0v) is 16.3. The zero-order valence-electron chi connectivity index (χ0n) is 16.3. The van der Waals surface area contributed by atoms with Crippen LogP contribution < -0.4 is 10.9 Å². The maximum absolute atomic E-state index is 13.8. The Morgan fingerprint density at radius 1 is 1.30 bits per heavy atom. The summed E-state index contributed by atoms with van der Waals surface area (Å²) in [4.78, 5) is 20.0. The van der Waals surface area contributed by atoms with Crippen molar-refractivity contribution in [2.45, 2.75) is 58.7 Å². The first kappa shape index (κ1) is 19.9. The van der Waals surface area contributed by atoms with Crippen LogP contribution >= 0.6 is 0 Å². The quantitative estimate of drug-likeness (QED) is 0.868. The molecule has 1 aliphatic heterocycles. The molecule has 0 saturated carbocycles. The van der Waals surface area contributed by atoms with Crippen molar-refractivity contribution in [1.29, 1.82) is 0 Å². The smallest absolute Gasteiger partial charge is 0.261 e. The van der Waals surface area contributed by atoms with Gasteiger partial charge in [0.25, 0.3) is 5.56 Å². The minimum Gasteiger partial charge on any atom is -0.313 e. The van der Waals surface area contributed by atoms with Crippen molar-refractivity contribution in [2.24, 2.45) is 0 Å². The predicted octanol–water partition coefficient (Wildman–Crippen LogP) is 3.22. The van der Waals surface area contributed by atoms with Crippen LogP contribution in [-0.2, 0) is 6.54 Å². The first-order chi connectivity index (χ1) is 13.0. The van der Waals surface area contributed by atoms with Crippen LogP contribution in [0.4, 0.5) is 8.78 Å². The van der Waals surface area contributed by atoms with E-state index in [9.17, 15) is 13.6 Å². The average molecular weight is 378 g/mol. The van der Waals surface area contributed by atoms with Crippen LogP contribution in [0.5, 0.6) is 0 Å². The Labute approximate surface area is 158 Å². The van der Waals surface area contributed by atoms with Crippen molar-refractivity contribution < 1.29 is 8.78 Å². The molecule has 5 nitrogen and oxygen atoms in total. The van der Waals surface area contributed by atoms with Gasteiger partial charge in [0.2, 0.25) is 0 Å². The topological polar surface area (TPSA) is 50.2 Å². The van der Waals surface area contributed by atoms with Crippen molar-refractivity contribution in [3.05, 3.63) is 39.9 Å². The van der Waals surface area contributed by atoms with Gasteiger partial charge in [-0.3, -0.25) is 14.3 Å². The number of benzene rings is 1. The van der Waals surface area contributed by atoms with Crippen molar-refractivity contribution >= 4 is 10.9 Å². The number of rotatable bonds is 5. The number of nitrogens with zero attached hydrogens (tertiary/aromatic N) is 3. The molecule has 2 heterocycles. The fraction of sp³-hybridized carbons (Fsp3) is 0.600. The molecule has 0 aliphatic carbocycles. The molecule has 2 atom stereocenters. The lowest BCUT2D eigenvalue weighted by atomic mass is 10.1. The Bertz CT molecular complexity index is 867. The SMILES string of the molecule is CCCC(c1nc2cc(F)c(F)cc2c(=O)n1CC)N1CCCN[C@H](C)C1. The summed E-state index contributed by atoms with van der Waals surface area (Å²) in [5.41, 5.74) is -0.0841. The van der Waals surface area contributed by atoms with Gasteiger partial charge in [-0.1, -0.05) is 13.3 Å². The molecule has 1 aromatic carbocycles. The second-order valence-electron chi connectivity index (χ2n) is 7.31. The second-order valence-corrected chi connectivity index (χ2v) is 7.31. The molecule has 1 N–H and O–H groups in total. The van der Waals surface area contributed by atoms with E-state index in [1.54, 1.807) is 4.57 Å². The molecule has 1 aromatic heterocycles. The zero-order chi connectivity index (χ0) is 19.6. The summed E-state index contributed by atoms with van der Waals surface area (Å²) in [5, 5.41) is 3.61. The van der Waals surface area contributed by atoms with Crippen LogP contribution in [0.25, 0.3) is 10.9 Å². The molecular formula is C20H28F2N4O. The number of hydrogen-bond donors (Lipinski definition) is 1. The van der Waals surface area contributed by atoms with E-state index in [4.69, 9.17) is 0 Å². The van der Waals surface area contributed by atoms with E-state index >= 15 is 0 Å². The highest BCUT2D eigenvalue weighted by atomic mass is 19.2. The lowest BCUT2D eigenvalue weighted by molar-refractivity contribution is 0.174. The van der Waals surface area contributed by atoms with Crippen molar-refractivity contribution in [3.63, 3.8) is 0 Å². The Morgan fingerprint density at radius 2 is 2.04 bits per heavy atom. The fourth-order valence-electron chi connectivity index (χ4n) is 3.96. The number of fused-ring (bicyclic) bond motifs is 1. The molecule has 7 heteroatoms. The Balaban J connectivity index is 2.16. The second kappa shape index (κ2) is 8.44. The average Bonchev–Trinajstić information content (AvgIpc) is 2.85. The van der Waals surface area contributed by atoms with Crippen LogP contribution in [0, 0.1) is 11.6 Å². The van der Waals surface area contributed by atoms with Crippen molar-refractivity contribution in [1.82, 2.24) is 19.8 Å². The van der Waals surface area contributed by atoms with Gasteiger partial charge in [-0.15, -0.1) is 0 Å². The van der Waals surface area contributed by atoms with Gasteiger partial charge in [0, 0.05) is 31.7 Å². The van der Waals surface area contributed by atoms with Crippen molar-refractivity contribution in [2.75, 3.05) is 19.6 Å². The molecule has 0 spiro atoms. The summed E-state index contributed by atoms with van der Waals surface area (Å²) in [5.74, 6) is -1.35. The van der Waals surface area contributed by atoms with Gasteiger partial charge >= 0.3 is 0 Å². The van der Waals surface area contributed by atoms with Crippen molar-refractivity contribution in [3.8, 4) is 0 Å². The summed E-state index contributed by atoms with van der Waals surface area (Å²) in [6, 6.07) is 2.32. The normalized spacial score (nSPS) is 20.0. The van der Waals surface area contributed by atoms with Crippen LogP contribution in [0.3, 0.4) is 0 Å². The molecule has 0 bridgehead atoms. The number of aromatic nitrogens is 2. The highest BCUT2D eigenvalue weighted by Crippen LogP contribution is 2.27. The van der Waals surface area contributed by atoms with Crippen LogP contribution in [-0.4, -0.2) is 40.1 Å². The monoisotopic (exact) mass is 378 g/mol. The fourth-order valence-corrected chi connectivity index (χ4v) is 3.96. The minimum absolute atomic E-state index is 0.0254. The highest BCUT2D eigenvalue weighted by Gasteiger charge is 2.27. The van der Waals surface area contributed by atoms with Gasteiger partial charge < -0.3 is 5.32 Å². The third kappa shape index (κ3) is 4.04. The van der Waals surface area contributed by atoms with Gasteiger partial charge in [0.1, 0.15) is 5.82 Å². The molecule has 3 rings (SSSR count). The third-order valence-corrected chi connectivity index (χ3v) is 5.27. The minimum atomic E-state index is -1.02. The van der Waals surface area contributed by atoms with E-state index in [0.717, 1.165) is 51.0 Å². The molecule has 1 aliphatic rings. The lowest BCUT2D eigenvalue weighted by Gasteiger charge is -2.32. The molecular weight excluding hydrogens is 350 g/mol.